The summed E-state index contributed by atoms with van der Waals surface area (Å²) in [6, 6.07) is 24.8. The first kappa shape index (κ1) is 21.4. The number of benzene rings is 3. The molecule has 170 valence electrons. The molecule has 2 N–H and O–H groups in total. The molecule has 1 saturated heterocycles. The van der Waals surface area contributed by atoms with Crippen molar-refractivity contribution in [3.63, 3.8) is 0 Å². The molecule has 0 radical (unpaired) electrons. The van der Waals surface area contributed by atoms with Crippen LogP contribution in [0.5, 0.6) is 0 Å². The number of aromatic nitrogens is 2. The Labute approximate surface area is 196 Å². The fourth-order valence-electron chi connectivity index (χ4n) is 4.44. The highest BCUT2D eigenvalue weighted by Gasteiger charge is 2.54. The van der Waals surface area contributed by atoms with E-state index in [0.29, 0.717) is 17.5 Å². The number of amides is 4. The molecule has 4 amide bonds. The number of hydrazine groups is 1. The zero-order chi connectivity index (χ0) is 23.7. The predicted molar refractivity (Wildman–Crippen MR) is 126 cm³/mol. The lowest BCUT2D eigenvalue weighted by Crippen LogP contribution is -2.49. The summed E-state index contributed by atoms with van der Waals surface area (Å²) in [6.07, 6.45) is 0.635. The van der Waals surface area contributed by atoms with Gasteiger partial charge in [-0.1, -0.05) is 79.7 Å². The third kappa shape index (κ3) is 3.40. The molecular weight excluding hydrogens is 430 g/mol. The summed E-state index contributed by atoms with van der Waals surface area (Å²) in [5, 5.41) is 3.59. The summed E-state index contributed by atoms with van der Waals surface area (Å²) < 4.78 is 1.80. The van der Waals surface area contributed by atoms with E-state index in [1.165, 1.54) is 0 Å². The SMILES string of the molecule is CCc1nc2ccccc2n1CC(=O)NN1C(=O)NC(c2ccccc2)(c2ccccc2)C1=O. The summed E-state index contributed by atoms with van der Waals surface area (Å²) in [5.41, 5.74) is 3.87. The van der Waals surface area contributed by atoms with Crippen LogP contribution in [0, 0.1) is 0 Å². The van der Waals surface area contributed by atoms with Gasteiger partial charge < -0.3 is 9.88 Å². The molecule has 0 aliphatic carbocycles. The maximum Gasteiger partial charge on any atom is 0.344 e. The first-order valence-electron chi connectivity index (χ1n) is 11.1. The molecule has 2 heterocycles. The quantitative estimate of drug-likeness (QED) is 0.439. The van der Waals surface area contributed by atoms with Crippen molar-refractivity contribution in [3.05, 3.63) is 102 Å². The number of imidazole rings is 1. The van der Waals surface area contributed by atoms with E-state index in [1.807, 2.05) is 43.3 Å². The molecule has 8 nitrogen and oxygen atoms in total. The average molecular weight is 454 g/mol. The smallest absolute Gasteiger partial charge is 0.318 e. The molecule has 1 aliphatic rings. The van der Waals surface area contributed by atoms with Crippen LogP contribution in [0.3, 0.4) is 0 Å². The van der Waals surface area contributed by atoms with Crippen molar-refractivity contribution in [2.45, 2.75) is 25.4 Å². The number of hydrogen-bond acceptors (Lipinski definition) is 4. The van der Waals surface area contributed by atoms with E-state index in [9.17, 15) is 14.4 Å². The minimum atomic E-state index is -1.44. The predicted octanol–water partition coefficient (Wildman–Crippen LogP) is 3.13. The number of nitrogens with zero attached hydrogens (tertiary/aromatic N) is 3. The van der Waals surface area contributed by atoms with Gasteiger partial charge in [-0.15, -0.1) is 0 Å². The van der Waals surface area contributed by atoms with Crippen LogP contribution >= 0.6 is 0 Å². The Balaban J connectivity index is 1.46. The Hall–Kier alpha value is -4.46. The normalized spacial score (nSPS) is 14.9. The maximum absolute atomic E-state index is 13.7. The van der Waals surface area contributed by atoms with Gasteiger partial charge in [0.1, 0.15) is 12.4 Å². The first-order valence-corrected chi connectivity index (χ1v) is 11.1. The van der Waals surface area contributed by atoms with Crippen LogP contribution in [0.1, 0.15) is 23.9 Å². The van der Waals surface area contributed by atoms with Crippen molar-refractivity contribution in [1.82, 2.24) is 25.3 Å². The largest absolute Gasteiger partial charge is 0.344 e. The molecule has 0 spiro atoms. The fraction of sp³-hybridized carbons (Fsp3) is 0.154. The second-order valence-corrected chi connectivity index (χ2v) is 8.04. The molecule has 0 bridgehead atoms. The minimum Gasteiger partial charge on any atom is -0.318 e. The Morgan fingerprint density at radius 2 is 1.50 bits per heavy atom. The van der Waals surface area contributed by atoms with Crippen molar-refractivity contribution >= 4 is 28.9 Å². The van der Waals surface area contributed by atoms with E-state index in [1.54, 1.807) is 53.1 Å². The van der Waals surface area contributed by atoms with E-state index in [4.69, 9.17) is 0 Å². The number of urea groups is 1. The highest BCUT2D eigenvalue weighted by Crippen LogP contribution is 2.35. The summed E-state index contributed by atoms with van der Waals surface area (Å²) in [7, 11) is 0. The number of aryl methyl sites for hydroxylation is 1. The summed E-state index contributed by atoms with van der Waals surface area (Å²) >= 11 is 0. The number of imide groups is 1. The van der Waals surface area contributed by atoms with Crippen molar-refractivity contribution in [2.24, 2.45) is 0 Å². The van der Waals surface area contributed by atoms with E-state index in [-0.39, 0.29) is 6.54 Å². The number of nitrogens with one attached hydrogen (secondary N) is 2. The molecule has 4 aromatic rings. The third-order valence-electron chi connectivity index (χ3n) is 6.02. The Morgan fingerprint density at radius 3 is 2.12 bits per heavy atom. The summed E-state index contributed by atoms with van der Waals surface area (Å²) in [6.45, 7) is 1.88. The van der Waals surface area contributed by atoms with Gasteiger partial charge in [0.15, 0.2) is 5.54 Å². The van der Waals surface area contributed by atoms with Gasteiger partial charge in [-0.3, -0.25) is 15.0 Å². The van der Waals surface area contributed by atoms with Crippen LogP contribution < -0.4 is 10.7 Å². The monoisotopic (exact) mass is 453 g/mol. The zero-order valence-electron chi connectivity index (χ0n) is 18.6. The van der Waals surface area contributed by atoms with Gasteiger partial charge in [0.2, 0.25) is 0 Å². The summed E-state index contributed by atoms with van der Waals surface area (Å²) in [5.74, 6) is -0.329. The van der Waals surface area contributed by atoms with Gasteiger partial charge in [0.25, 0.3) is 11.8 Å². The third-order valence-corrected chi connectivity index (χ3v) is 6.02. The molecule has 1 aromatic heterocycles. The Morgan fingerprint density at radius 1 is 0.912 bits per heavy atom. The molecule has 0 unspecified atom stereocenters. The number of fused-ring (bicyclic) bond motifs is 1. The zero-order valence-corrected chi connectivity index (χ0v) is 18.6. The van der Waals surface area contributed by atoms with Gasteiger partial charge in [-0.2, -0.15) is 5.01 Å². The highest BCUT2D eigenvalue weighted by molar-refractivity contribution is 6.10. The van der Waals surface area contributed by atoms with Crippen LogP contribution in [0.15, 0.2) is 84.9 Å². The van der Waals surface area contributed by atoms with Crippen LogP contribution in [-0.4, -0.2) is 32.4 Å². The molecule has 1 aliphatic heterocycles. The average Bonchev–Trinajstić information content (AvgIpc) is 3.35. The van der Waals surface area contributed by atoms with Crippen molar-refractivity contribution < 1.29 is 14.4 Å². The Kier molecular flexibility index (Phi) is 5.33. The highest BCUT2D eigenvalue weighted by atomic mass is 16.2. The summed E-state index contributed by atoms with van der Waals surface area (Å²) in [4.78, 5) is 44.3. The van der Waals surface area contributed by atoms with E-state index in [0.717, 1.165) is 21.9 Å². The van der Waals surface area contributed by atoms with E-state index < -0.39 is 23.4 Å². The molecule has 0 atom stereocenters. The van der Waals surface area contributed by atoms with Crippen LogP contribution in [0.4, 0.5) is 4.79 Å². The van der Waals surface area contributed by atoms with Gasteiger partial charge in [-0.05, 0) is 23.3 Å². The number of carbonyl (C=O) groups excluding carboxylic acids is 3. The number of carbonyl (C=O) groups is 3. The van der Waals surface area contributed by atoms with Crippen LogP contribution in [-0.2, 0) is 28.1 Å². The van der Waals surface area contributed by atoms with Crippen molar-refractivity contribution in [3.8, 4) is 0 Å². The standard InChI is InChI=1S/C26H23N5O3/c1-2-22-27-20-15-9-10-16-21(20)30(22)17-23(32)29-31-24(33)26(28-25(31)34,18-11-5-3-6-12-18)19-13-7-4-8-14-19/h3-16H,2,17H2,1H3,(H,28,34)(H,29,32). The van der Waals surface area contributed by atoms with Crippen LogP contribution in [0.2, 0.25) is 0 Å². The molecule has 8 heteroatoms. The number of hydrogen-bond donors (Lipinski definition) is 2. The Bertz CT molecular complexity index is 1340. The molecule has 3 aromatic carbocycles. The minimum absolute atomic E-state index is 0.0789. The molecule has 34 heavy (non-hydrogen) atoms. The van der Waals surface area contributed by atoms with Gasteiger partial charge in [0.05, 0.1) is 11.0 Å². The molecular formula is C26H23N5O3. The van der Waals surface area contributed by atoms with Crippen LogP contribution in [0.25, 0.3) is 11.0 Å². The fourth-order valence-corrected chi connectivity index (χ4v) is 4.44. The van der Waals surface area contributed by atoms with E-state index >= 15 is 0 Å². The van der Waals surface area contributed by atoms with Crippen molar-refractivity contribution in [2.75, 3.05) is 0 Å². The topological polar surface area (TPSA) is 96.3 Å². The van der Waals surface area contributed by atoms with Gasteiger partial charge >= 0.3 is 6.03 Å². The molecule has 0 saturated carbocycles. The lowest BCUT2D eigenvalue weighted by atomic mass is 9.83. The number of rotatable bonds is 6. The van der Waals surface area contributed by atoms with E-state index in [2.05, 4.69) is 15.7 Å². The second-order valence-electron chi connectivity index (χ2n) is 8.04. The van der Waals surface area contributed by atoms with Gasteiger partial charge in [0, 0.05) is 6.42 Å². The first-order chi connectivity index (χ1) is 16.5. The maximum atomic E-state index is 13.7. The lowest BCUT2D eigenvalue weighted by Gasteiger charge is -2.27. The molecule has 5 rings (SSSR count). The van der Waals surface area contributed by atoms with Gasteiger partial charge in [-0.25, -0.2) is 9.78 Å². The van der Waals surface area contributed by atoms with Crippen molar-refractivity contribution in [1.29, 1.82) is 0 Å². The number of para-hydroxylation sites is 2. The second kappa shape index (κ2) is 8.47. The molecule has 1 fully saturated rings. The lowest BCUT2D eigenvalue weighted by molar-refractivity contribution is -0.138.